The van der Waals surface area contributed by atoms with Crippen LogP contribution in [0.5, 0.6) is 0 Å². The maximum atomic E-state index is 13.1. The maximum Gasteiger partial charge on any atom is 0.270 e. The van der Waals surface area contributed by atoms with Crippen molar-refractivity contribution in [2.75, 3.05) is 7.05 Å². The molecule has 2 heterocycles. The first kappa shape index (κ1) is 16.5. The molecular weight excluding hydrogens is 324 g/mol. The first-order chi connectivity index (χ1) is 12.6. The van der Waals surface area contributed by atoms with Crippen molar-refractivity contribution in [3.8, 4) is 0 Å². The minimum Gasteiger partial charge on any atom is -0.461 e. The van der Waals surface area contributed by atoms with Gasteiger partial charge in [0, 0.05) is 48.9 Å². The lowest BCUT2D eigenvalue weighted by Crippen LogP contribution is -2.28. The molecule has 0 fully saturated rings. The van der Waals surface area contributed by atoms with Crippen LogP contribution in [0.15, 0.2) is 59.0 Å². The molecule has 0 saturated carbocycles. The Bertz CT molecular complexity index is 1100. The smallest absolute Gasteiger partial charge is 0.270 e. The number of carbonyl (C=O) groups is 1. The number of hydrogen-bond donors (Lipinski definition) is 0. The summed E-state index contributed by atoms with van der Waals surface area (Å²) in [5.41, 5.74) is 3.73. The van der Waals surface area contributed by atoms with Crippen LogP contribution in [0.4, 0.5) is 0 Å². The molecule has 0 aliphatic heterocycles. The molecule has 4 heteroatoms. The number of aromatic nitrogens is 1. The quantitative estimate of drug-likeness (QED) is 0.534. The van der Waals surface area contributed by atoms with Gasteiger partial charge in [-0.15, -0.1) is 0 Å². The number of rotatable bonds is 4. The summed E-state index contributed by atoms with van der Waals surface area (Å²) >= 11 is 0. The molecule has 4 nitrogen and oxygen atoms in total. The van der Waals surface area contributed by atoms with Crippen LogP contribution in [0.1, 0.15) is 28.7 Å². The van der Waals surface area contributed by atoms with Crippen molar-refractivity contribution in [2.24, 2.45) is 7.05 Å². The fraction of sp³-hybridized carbons (Fsp3) is 0.227. The maximum absolute atomic E-state index is 13.1. The molecule has 0 N–H and O–H groups in total. The Morgan fingerprint density at radius 3 is 2.62 bits per heavy atom. The molecular formula is C22H22N2O2. The largest absolute Gasteiger partial charge is 0.461 e. The second kappa shape index (κ2) is 6.37. The Hall–Kier alpha value is -3.01. The number of hydrogen-bond acceptors (Lipinski definition) is 2. The summed E-state index contributed by atoms with van der Waals surface area (Å²) in [5.74, 6) is 0.957. The first-order valence-electron chi connectivity index (χ1n) is 8.89. The molecule has 0 aliphatic carbocycles. The minimum atomic E-state index is 0.0102. The Morgan fingerprint density at radius 2 is 1.85 bits per heavy atom. The standard InChI is InChI=1S/C22H22N2O2/c1-4-20-17(16-10-6-8-12-21(16)26-20)14-23(2)22(25)19-13-15-9-5-7-11-18(15)24(19)3/h5-13H,4,14H2,1-3H3. The molecule has 4 rings (SSSR count). The number of para-hydroxylation sites is 2. The summed E-state index contributed by atoms with van der Waals surface area (Å²) in [4.78, 5) is 14.8. The summed E-state index contributed by atoms with van der Waals surface area (Å²) in [6, 6.07) is 18.0. The van der Waals surface area contributed by atoms with Gasteiger partial charge in [0.05, 0.1) is 0 Å². The zero-order valence-corrected chi connectivity index (χ0v) is 15.3. The van der Waals surface area contributed by atoms with E-state index in [0.717, 1.165) is 39.6 Å². The van der Waals surface area contributed by atoms with Gasteiger partial charge in [-0.05, 0) is 18.2 Å². The minimum absolute atomic E-state index is 0.0102. The van der Waals surface area contributed by atoms with Crippen molar-refractivity contribution in [3.63, 3.8) is 0 Å². The van der Waals surface area contributed by atoms with E-state index in [4.69, 9.17) is 4.42 Å². The lowest BCUT2D eigenvalue weighted by Gasteiger charge is -2.18. The summed E-state index contributed by atoms with van der Waals surface area (Å²) in [6.45, 7) is 2.60. The van der Waals surface area contributed by atoms with E-state index in [9.17, 15) is 4.79 Å². The highest BCUT2D eigenvalue weighted by molar-refractivity contribution is 5.98. The average molecular weight is 346 g/mol. The van der Waals surface area contributed by atoms with Crippen LogP contribution in [0.2, 0.25) is 0 Å². The summed E-state index contributed by atoms with van der Waals surface area (Å²) in [5, 5.41) is 2.16. The number of benzene rings is 2. The van der Waals surface area contributed by atoms with E-state index < -0.39 is 0 Å². The van der Waals surface area contributed by atoms with Crippen LogP contribution in [0, 0.1) is 0 Å². The van der Waals surface area contributed by atoms with Gasteiger partial charge in [0.15, 0.2) is 0 Å². The van der Waals surface area contributed by atoms with Crippen molar-refractivity contribution >= 4 is 27.8 Å². The van der Waals surface area contributed by atoms with Crippen molar-refractivity contribution in [2.45, 2.75) is 19.9 Å². The van der Waals surface area contributed by atoms with E-state index in [1.165, 1.54) is 0 Å². The predicted octanol–water partition coefficient (Wildman–Crippen LogP) is 4.76. The Balaban J connectivity index is 1.69. The molecule has 4 aromatic rings. The Labute approximate surface area is 152 Å². The SMILES string of the molecule is CCc1oc2ccccc2c1CN(C)C(=O)c1cc2ccccc2n1C. The lowest BCUT2D eigenvalue weighted by atomic mass is 10.1. The van der Waals surface area contributed by atoms with Crippen molar-refractivity contribution < 1.29 is 9.21 Å². The molecule has 0 unspecified atom stereocenters. The number of fused-ring (bicyclic) bond motifs is 2. The van der Waals surface area contributed by atoms with Gasteiger partial charge in [0.2, 0.25) is 0 Å². The van der Waals surface area contributed by atoms with Crippen molar-refractivity contribution in [1.29, 1.82) is 0 Å². The highest BCUT2D eigenvalue weighted by Crippen LogP contribution is 2.28. The van der Waals surface area contributed by atoms with E-state index in [1.54, 1.807) is 4.90 Å². The Kier molecular flexibility index (Phi) is 4.03. The molecule has 132 valence electrons. The van der Waals surface area contributed by atoms with Gasteiger partial charge in [-0.1, -0.05) is 43.3 Å². The molecule has 2 aromatic heterocycles. The third-order valence-corrected chi connectivity index (χ3v) is 5.02. The molecule has 0 bridgehead atoms. The monoisotopic (exact) mass is 346 g/mol. The number of carbonyl (C=O) groups excluding carboxylic acids is 1. The van der Waals surface area contributed by atoms with Crippen molar-refractivity contribution in [3.05, 3.63) is 71.6 Å². The fourth-order valence-electron chi connectivity index (χ4n) is 3.61. The van der Waals surface area contributed by atoms with E-state index >= 15 is 0 Å². The van der Waals surface area contributed by atoms with Crippen molar-refractivity contribution in [1.82, 2.24) is 9.47 Å². The van der Waals surface area contributed by atoms with Gasteiger partial charge in [-0.2, -0.15) is 0 Å². The van der Waals surface area contributed by atoms with Crippen LogP contribution < -0.4 is 0 Å². The second-order valence-corrected chi connectivity index (χ2v) is 6.66. The van der Waals surface area contributed by atoms with Crippen LogP contribution in [-0.2, 0) is 20.0 Å². The van der Waals surface area contributed by atoms with E-state index in [2.05, 4.69) is 13.0 Å². The van der Waals surface area contributed by atoms with Gasteiger partial charge >= 0.3 is 0 Å². The lowest BCUT2D eigenvalue weighted by molar-refractivity contribution is 0.0776. The van der Waals surface area contributed by atoms with Gasteiger partial charge in [0.25, 0.3) is 5.91 Å². The third kappa shape index (κ3) is 2.58. The van der Waals surface area contributed by atoms with Crippen LogP contribution in [0.25, 0.3) is 21.9 Å². The van der Waals surface area contributed by atoms with Gasteiger partial charge in [0.1, 0.15) is 17.0 Å². The molecule has 0 spiro atoms. The fourth-order valence-corrected chi connectivity index (χ4v) is 3.61. The number of amides is 1. The van der Waals surface area contributed by atoms with Gasteiger partial charge in [-0.25, -0.2) is 0 Å². The summed E-state index contributed by atoms with van der Waals surface area (Å²) < 4.78 is 7.92. The normalized spacial score (nSPS) is 11.3. The highest BCUT2D eigenvalue weighted by Gasteiger charge is 2.20. The molecule has 0 saturated heterocycles. The number of nitrogens with zero attached hydrogens (tertiary/aromatic N) is 2. The number of aryl methyl sites for hydroxylation is 2. The van der Waals surface area contributed by atoms with Crippen LogP contribution in [-0.4, -0.2) is 22.4 Å². The molecule has 0 aliphatic rings. The van der Waals surface area contributed by atoms with Crippen LogP contribution >= 0.6 is 0 Å². The number of furan rings is 1. The molecule has 0 radical (unpaired) electrons. The van der Waals surface area contributed by atoms with E-state index in [0.29, 0.717) is 12.2 Å². The Morgan fingerprint density at radius 1 is 1.12 bits per heavy atom. The van der Waals surface area contributed by atoms with Crippen LogP contribution in [0.3, 0.4) is 0 Å². The third-order valence-electron chi connectivity index (χ3n) is 5.02. The highest BCUT2D eigenvalue weighted by atomic mass is 16.3. The molecule has 26 heavy (non-hydrogen) atoms. The zero-order valence-electron chi connectivity index (χ0n) is 15.3. The molecule has 0 atom stereocenters. The van der Waals surface area contributed by atoms with E-state index in [-0.39, 0.29) is 5.91 Å². The van der Waals surface area contributed by atoms with E-state index in [1.807, 2.05) is 67.2 Å². The first-order valence-corrected chi connectivity index (χ1v) is 8.89. The predicted molar refractivity (Wildman–Crippen MR) is 104 cm³/mol. The average Bonchev–Trinajstić information content (AvgIpc) is 3.19. The molecule has 2 aromatic carbocycles. The molecule has 1 amide bonds. The summed E-state index contributed by atoms with van der Waals surface area (Å²) in [6.07, 6.45) is 0.806. The second-order valence-electron chi connectivity index (χ2n) is 6.66. The van der Waals surface area contributed by atoms with Gasteiger partial charge < -0.3 is 13.9 Å². The summed E-state index contributed by atoms with van der Waals surface area (Å²) in [7, 11) is 3.79. The van der Waals surface area contributed by atoms with Gasteiger partial charge in [-0.3, -0.25) is 4.79 Å². The topological polar surface area (TPSA) is 38.4 Å². The zero-order chi connectivity index (χ0) is 18.3.